The third-order valence-electron chi connectivity index (χ3n) is 5.59. The number of benzene rings is 3. The van der Waals surface area contributed by atoms with E-state index < -0.39 is 0 Å². The summed E-state index contributed by atoms with van der Waals surface area (Å²) in [4.78, 5) is 4.81. The maximum atomic E-state index is 6.21. The molecule has 4 aromatic rings. The van der Waals surface area contributed by atoms with Crippen molar-refractivity contribution >= 4 is 11.3 Å². The van der Waals surface area contributed by atoms with Crippen molar-refractivity contribution in [1.29, 1.82) is 0 Å². The zero-order valence-electron chi connectivity index (χ0n) is 19.9. The summed E-state index contributed by atoms with van der Waals surface area (Å²) in [6.45, 7) is 11.0. The monoisotopic (exact) mass is 456 g/mol. The Labute approximate surface area is 201 Å². The quantitative estimate of drug-likeness (QED) is 0.302. The predicted molar refractivity (Wildman–Crippen MR) is 139 cm³/mol. The van der Waals surface area contributed by atoms with Crippen molar-refractivity contribution in [2.75, 3.05) is 0 Å². The fourth-order valence-electron chi connectivity index (χ4n) is 3.72. The normalized spacial score (nSPS) is 11.5. The van der Waals surface area contributed by atoms with Gasteiger partial charge in [-0.2, -0.15) is 0 Å². The molecular formula is C29H32N2OS. The molecule has 0 unspecified atom stereocenters. The number of nitrogens with one attached hydrogen (secondary N) is 1. The molecule has 0 aliphatic heterocycles. The van der Waals surface area contributed by atoms with Crippen LogP contribution in [-0.4, -0.2) is 4.98 Å². The first-order valence-electron chi connectivity index (χ1n) is 11.4. The van der Waals surface area contributed by atoms with Crippen molar-refractivity contribution < 1.29 is 4.74 Å². The molecule has 0 bridgehead atoms. The summed E-state index contributed by atoms with van der Waals surface area (Å²) in [6.07, 6.45) is 0. The number of ether oxygens (including phenoxy) is 1. The van der Waals surface area contributed by atoms with Crippen LogP contribution in [0.2, 0.25) is 0 Å². The van der Waals surface area contributed by atoms with E-state index in [1.165, 1.54) is 16.7 Å². The van der Waals surface area contributed by atoms with Crippen LogP contribution in [0.1, 0.15) is 48.0 Å². The van der Waals surface area contributed by atoms with Gasteiger partial charge in [-0.1, -0.05) is 93.1 Å². The molecular weight excluding hydrogens is 424 g/mol. The Hall–Kier alpha value is -2.95. The lowest BCUT2D eigenvalue weighted by molar-refractivity contribution is 0.297. The number of hydrogen-bond acceptors (Lipinski definition) is 4. The van der Waals surface area contributed by atoms with Crippen molar-refractivity contribution in [3.63, 3.8) is 0 Å². The topological polar surface area (TPSA) is 34.1 Å². The van der Waals surface area contributed by atoms with E-state index in [1.807, 2.05) is 6.07 Å². The van der Waals surface area contributed by atoms with Gasteiger partial charge in [0.1, 0.15) is 17.4 Å². The van der Waals surface area contributed by atoms with Gasteiger partial charge in [0.05, 0.1) is 5.69 Å². The van der Waals surface area contributed by atoms with Crippen LogP contribution in [0.25, 0.3) is 11.3 Å². The Morgan fingerprint density at radius 1 is 0.879 bits per heavy atom. The molecule has 4 rings (SSSR count). The third-order valence-corrected chi connectivity index (χ3v) is 6.44. The van der Waals surface area contributed by atoms with E-state index in [1.54, 1.807) is 11.3 Å². The van der Waals surface area contributed by atoms with E-state index in [0.29, 0.717) is 6.61 Å². The SMILES string of the molecule is Cc1ccc(OCc2ccc(-c3csc(CNCc4ccccc4)n3)cc2)c(C(C)(C)C)c1. The van der Waals surface area contributed by atoms with Gasteiger partial charge in [0.2, 0.25) is 0 Å². The van der Waals surface area contributed by atoms with E-state index in [9.17, 15) is 0 Å². The summed E-state index contributed by atoms with van der Waals surface area (Å²) < 4.78 is 6.21. The van der Waals surface area contributed by atoms with E-state index in [4.69, 9.17) is 9.72 Å². The lowest BCUT2D eigenvalue weighted by atomic mass is 9.85. The summed E-state index contributed by atoms with van der Waals surface area (Å²) >= 11 is 1.70. The van der Waals surface area contributed by atoms with Gasteiger partial charge in [-0.05, 0) is 35.1 Å². The minimum atomic E-state index is 0.0451. The largest absolute Gasteiger partial charge is 0.489 e. The summed E-state index contributed by atoms with van der Waals surface area (Å²) in [6, 6.07) is 25.4. The number of aromatic nitrogens is 1. The van der Waals surface area contributed by atoms with Crippen LogP contribution < -0.4 is 10.1 Å². The van der Waals surface area contributed by atoms with Crippen LogP contribution >= 0.6 is 11.3 Å². The van der Waals surface area contributed by atoms with Crippen LogP contribution in [0.3, 0.4) is 0 Å². The average molecular weight is 457 g/mol. The van der Waals surface area contributed by atoms with E-state index in [0.717, 1.165) is 40.7 Å². The molecule has 0 radical (unpaired) electrons. The first-order valence-corrected chi connectivity index (χ1v) is 12.3. The average Bonchev–Trinajstić information content (AvgIpc) is 3.28. The van der Waals surface area contributed by atoms with Gasteiger partial charge >= 0.3 is 0 Å². The number of nitrogens with zero attached hydrogens (tertiary/aromatic N) is 1. The highest BCUT2D eigenvalue weighted by Crippen LogP contribution is 2.32. The molecule has 0 amide bonds. The Morgan fingerprint density at radius 3 is 2.36 bits per heavy atom. The van der Waals surface area contributed by atoms with Gasteiger partial charge in [-0.3, -0.25) is 0 Å². The minimum Gasteiger partial charge on any atom is -0.489 e. The summed E-state index contributed by atoms with van der Waals surface area (Å²) in [5.41, 5.74) is 7.15. The molecule has 1 heterocycles. The van der Waals surface area contributed by atoms with E-state index >= 15 is 0 Å². The molecule has 0 fully saturated rings. The molecule has 1 N–H and O–H groups in total. The van der Waals surface area contributed by atoms with Gasteiger partial charge in [-0.15, -0.1) is 11.3 Å². The van der Waals surface area contributed by atoms with Crippen molar-refractivity contribution in [3.05, 3.63) is 105 Å². The lowest BCUT2D eigenvalue weighted by Gasteiger charge is -2.23. The zero-order valence-corrected chi connectivity index (χ0v) is 20.7. The number of aryl methyl sites for hydroxylation is 1. The first-order chi connectivity index (χ1) is 15.9. The Kier molecular flexibility index (Phi) is 7.26. The fraction of sp³-hybridized carbons (Fsp3) is 0.276. The van der Waals surface area contributed by atoms with Crippen molar-refractivity contribution in [3.8, 4) is 17.0 Å². The highest BCUT2D eigenvalue weighted by molar-refractivity contribution is 7.09. The Bertz CT molecular complexity index is 1170. The van der Waals surface area contributed by atoms with Gasteiger partial charge in [0, 0.05) is 24.0 Å². The zero-order chi connectivity index (χ0) is 23.3. The molecule has 3 aromatic carbocycles. The second-order valence-corrected chi connectivity index (χ2v) is 10.4. The number of rotatable bonds is 8. The number of thiazole rings is 1. The molecule has 0 saturated carbocycles. The van der Waals surface area contributed by atoms with Crippen LogP contribution in [0.15, 0.2) is 78.2 Å². The lowest BCUT2D eigenvalue weighted by Crippen LogP contribution is -2.13. The second kappa shape index (κ2) is 10.3. The molecule has 33 heavy (non-hydrogen) atoms. The molecule has 0 saturated heterocycles. The van der Waals surface area contributed by atoms with Gasteiger partial charge in [-0.25, -0.2) is 4.98 Å². The van der Waals surface area contributed by atoms with Crippen LogP contribution in [0, 0.1) is 6.92 Å². The second-order valence-electron chi connectivity index (χ2n) is 9.45. The summed E-state index contributed by atoms with van der Waals surface area (Å²) in [7, 11) is 0. The van der Waals surface area contributed by atoms with Gasteiger partial charge in [0.25, 0.3) is 0 Å². The highest BCUT2D eigenvalue weighted by atomic mass is 32.1. The van der Waals surface area contributed by atoms with Crippen LogP contribution in [-0.2, 0) is 25.1 Å². The molecule has 1 aromatic heterocycles. The maximum absolute atomic E-state index is 6.21. The van der Waals surface area contributed by atoms with Crippen molar-refractivity contribution in [1.82, 2.24) is 10.3 Å². The smallest absolute Gasteiger partial charge is 0.123 e. The first kappa shape index (κ1) is 23.2. The Morgan fingerprint density at radius 2 is 1.64 bits per heavy atom. The fourth-order valence-corrected chi connectivity index (χ4v) is 4.50. The van der Waals surface area contributed by atoms with Crippen LogP contribution in [0.4, 0.5) is 0 Å². The van der Waals surface area contributed by atoms with E-state index in [2.05, 4.69) is 105 Å². The summed E-state index contributed by atoms with van der Waals surface area (Å²) in [5.74, 6) is 0.962. The molecule has 3 nitrogen and oxygen atoms in total. The molecule has 0 spiro atoms. The maximum Gasteiger partial charge on any atom is 0.123 e. The predicted octanol–water partition coefficient (Wildman–Crippen LogP) is 7.28. The number of hydrogen-bond donors (Lipinski definition) is 1. The van der Waals surface area contributed by atoms with E-state index in [-0.39, 0.29) is 5.41 Å². The van der Waals surface area contributed by atoms with Crippen molar-refractivity contribution in [2.45, 2.75) is 52.8 Å². The molecule has 0 atom stereocenters. The molecule has 4 heteroatoms. The molecule has 170 valence electrons. The Balaban J connectivity index is 1.35. The highest BCUT2D eigenvalue weighted by Gasteiger charge is 2.19. The summed E-state index contributed by atoms with van der Waals surface area (Å²) in [5, 5.41) is 6.71. The third kappa shape index (κ3) is 6.31. The van der Waals surface area contributed by atoms with Gasteiger partial charge in [0.15, 0.2) is 0 Å². The van der Waals surface area contributed by atoms with Gasteiger partial charge < -0.3 is 10.1 Å². The molecule has 0 aliphatic rings. The van der Waals surface area contributed by atoms with Crippen LogP contribution in [0.5, 0.6) is 5.75 Å². The molecule has 0 aliphatic carbocycles. The standard InChI is InChI=1S/C29H32N2OS/c1-21-10-15-27(25(16-21)29(2,3)4)32-19-23-11-13-24(14-12-23)26-20-33-28(31-26)18-30-17-22-8-6-5-7-9-22/h5-16,20,30H,17-19H2,1-4H3. The van der Waals surface area contributed by atoms with Crippen molar-refractivity contribution in [2.24, 2.45) is 0 Å². The minimum absolute atomic E-state index is 0.0451.